The zero-order chi connectivity index (χ0) is 18.3. The third-order valence-electron chi connectivity index (χ3n) is 4.40. The van der Waals surface area contributed by atoms with Gasteiger partial charge in [-0.25, -0.2) is 4.68 Å². The third kappa shape index (κ3) is 2.55. The number of hydrogen-bond donors (Lipinski definition) is 1. The molecule has 2 heterocycles. The topological polar surface area (TPSA) is 103 Å². The minimum absolute atomic E-state index is 0.0604. The summed E-state index contributed by atoms with van der Waals surface area (Å²) < 4.78 is 7.36. The van der Waals surface area contributed by atoms with Crippen molar-refractivity contribution in [1.29, 1.82) is 0 Å². The van der Waals surface area contributed by atoms with E-state index in [0.29, 0.717) is 29.1 Å². The molecule has 8 heteroatoms. The number of fused-ring (bicyclic) bond motifs is 2. The molecule has 4 rings (SSSR count). The molecule has 132 valence electrons. The molecule has 2 N–H and O–H groups in total. The average molecular weight is 351 g/mol. The number of amides is 2. The SMILES string of the molecule is CCn1nnc2cc(C(=O)N3C[C@H](C(N)=O)Oc4ccccc43)ccc21. The first-order valence-electron chi connectivity index (χ1n) is 8.28. The maximum atomic E-state index is 13.1. The first-order valence-corrected chi connectivity index (χ1v) is 8.28. The minimum Gasteiger partial charge on any atom is -0.477 e. The highest BCUT2D eigenvalue weighted by Crippen LogP contribution is 2.34. The molecule has 3 aromatic rings. The predicted octanol–water partition coefficient (Wildman–Crippen LogP) is 1.34. The summed E-state index contributed by atoms with van der Waals surface area (Å²) in [5.74, 6) is -0.410. The van der Waals surface area contributed by atoms with E-state index < -0.39 is 12.0 Å². The van der Waals surface area contributed by atoms with Gasteiger partial charge in [0.25, 0.3) is 11.8 Å². The fourth-order valence-corrected chi connectivity index (χ4v) is 3.07. The number of anilines is 1. The summed E-state index contributed by atoms with van der Waals surface area (Å²) in [7, 11) is 0. The van der Waals surface area contributed by atoms with Crippen LogP contribution in [0.4, 0.5) is 5.69 Å². The van der Waals surface area contributed by atoms with Gasteiger partial charge in [-0.15, -0.1) is 5.10 Å². The van der Waals surface area contributed by atoms with Crippen LogP contribution in [0.3, 0.4) is 0 Å². The van der Waals surface area contributed by atoms with Crippen LogP contribution < -0.4 is 15.4 Å². The molecule has 0 bridgehead atoms. The lowest BCUT2D eigenvalue weighted by Crippen LogP contribution is -2.49. The highest BCUT2D eigenvalue weighted by molar-refractivity contribution is 6.09. The first kappa shape index (κ1) is 16.1. The smallest absolute Gasteiger partial charge is 0.260 e. The van der Waals surface area contributed by atoms with Gasteiger partial charge in [0.2, 0.25) is 0 Å². The van der Waals surface area contributed by atoms with E-state index in [1.54, 1.807) is 35.0 Å². The van der Waals surface area contributed by atoms with Gasteiger partial charge in [0.15, 0.2) is 6.10 Å². The average Bonchev–Trinajstić information content (AvgIpc) is 3.08. The van der Waals surface area contributed by atoms with E-state index >= 15 is 0 Å². The van der Waals surface area contributed by atoms with Crippen molar-refractivity contribution < 1.29 is 14.3 Å². The van der Waals surface area contributed by atoms with Crippen LogP contribution in [-0.4, -0.2) is 39.5 Å². The molecule has 0 fully saturated rings. The largest absolute Gasteiger partial charge is 0.477 e. The summed E-state index contributed by atoms with van der Waals surface area (Å²) >= 11 is 0. The van der Waals surface area contributed by atoms with E-state index in [2.05, 4.69) is 10.3 Å². The fourth-order valence-electron chi connectivity index (χ4n) is 3.07. The lowest BCUT2D eigenvalue weighted by molar-refractivity contribution is -0.124. The second-order valence-electron chi connectivity index (χ2n) is 6.00. The Labute approximate surface area is 149 Å². The Morgan fingerprint density at radius 2 is 2.08 bits per heavy atom. The molecule has 0 radical (unpaired) electrons. The molecule has 26 heavy (non-hydrogen) atoms. The van der Waals surface area contributed by atoms with Crippen molar-refractivity contribution >= 4 is 28.5 Å². The molecule has 0 spiro atoms. The van der Waals surface area contributed by atoms with Crippen molar-refractivity contribution in [1.82, 2.24) is 15.0 Å². The van der Waals surface area contributed by atoms with Crippen molar-refractivity contribution in [3.8, 4) is 5.75 Å². The molecular formula is C18H17N5O3. The minimum atomic E-state index is -0.890. The number of aromatic nitrogens is 3. The third-order valence-corrected chi connectivity index (χ3v) is 4.40. The summed E-state index contributed by atoms with van der Waals surface area (Å²) in [5.41, 5.74) is 7.96. The van der Waals surface area contributed by atoms with Crippen LogP contribution in [0.2, 0.25) is 0 Å². The van der Waals surface area contributed by atoms with Crippen LogP contribution in [-0.2, 0) is 11.3 Å². The van der Waals surface area contributed by atoms with E-state index in [1.807, 2.05) is 19.1 Å². The van der Waals surface area contributed by atoms with Crippen LogP contribution >= 0.6 is 0 Å². The zero-order valence-corrected chi connectivity index (χ0v) is 14.1. The Hall–Kier alpha value is -3.42. The standard InChI is InChI=1S/C18H17N5O3/c1-2-23-13-8-7-11(9-12(13)20-21-23)18(25)22-10-16(17(19)24)26-15-6-4-3-5-14(15)22/h3-9,16H,2,10H2,1H3,(H2,19,24)/t16-/m1/s1. The van der Waals surface area contributed by atoms with Gasteiger partial charge in [-0.1, -0.05) is 17.3 Å². The number of rotatable bonds is 3. The van der Waals surface area contributed by atoms with Gasteiger partial charge >= 0.3 is 0 Å². The molecule has 1 aromatic heterocycles. The lowest BCUT2D eigenvalue weighted by Gasteiger charge is -2.33. The summed E-state index contributed by atoms with van der Waals surface area (Å²) in [6.45, 7) is 2.73. The second kappa shape index (κ2) is 6.14. The number of carbonyl (C=O) groups excluding carboxylic acids is 2. The summed E-state index contributed by atoms with van der Waals surface area (Å²) in [6, 6.07) is 12.3. The van der Waals surface area contributed by atoms with Crippen molar-refractivity contribution in [3.63, 3.8) is 0 Å². The highest BCUT2D eigenvalue weighted by atomic mass is 16.5. The number of hydrogen-bond acceptors (Lipinski definition) is 5. The van der Waals surface area contributed by atoms with Gasteiger partial charge in [0.1, 0.15) is 11.3 Å². The summed E-state index contributed by atoms with van der Waals surface area (Å²) in [5, 5.41) is 8.17. The molecule has 0 saturated heterocycles. The number of primary amides is 1. The number of nitrogens with zero attached hydrogens (tertiary/aromatic N) is 4. The molecule has 0 aliphatic carbocycles. The van der Waals surface area contributed by atoms with Crippen molar-refractivity contribution in [3.05, 3.63) is 48.0 Å². The van der Waals surface area contributed by atoms with Crippen LogP contribution in [0.25, 0.3) is 11.0 Å². The van der Waals surface area contributed by atoms with E-state index in [0.717, 1.165) is 5.52 Å². The number of ether oxygens (including phenoxy) is 1. The number of carbonyl (C=O) groups is 2. The van der Waals surface area contributed by atoms with E-state index in [1.165, 1.54) is 4.90 Å². The molecule has 1 aliphatic rings. The van der Waals surface area contributed by atoms with Crippen LogP contribution in [0.15, 0.2) is 42.5 Å². The van der Waals surface area contributed by atoms with Gasteiger partial charge < -0.3 is 15.4 Å². The van der Waals surface area contributed by atoms with E-state index in [4.69, 9.17) is 10.5 Å². The quantitative estimate of drug-likeness (QED) is 0.767. The van der Waals surface area contributed by atoms with Gasteiger partial charge in [0, 0.05) is 12.1 Å². The number of benzene rings is 2. The molecule has 0 unspecified atom stereocenters. The molecule has 1 aliphatic heterocycles. The zero-order valence-electron chi connectivity index (χ0n) is 14.1. The highest BCUT2D eigenvalue weighted by Gasteiger charge is 2.33. The molecule has 1 atom stereocenters. The Bertz CT molecular complexity index is 1010. The summed E-state index contributed by atoms with van der Waals surface area (Å²) in [6.07, 6.45) is -0.890. The van der Waals surface area contributed by atoms with Gasteiger partial charge in [0.05, 0.1) is 17.7 Å². The fraction of sp³-hybridized carbons (Fsp3) is 0.222. The van der Waals surface area contributed by atoms with Crippen molar-refractivity contribution in [2.45, 2.75) is 19.6 Å². The maximum Gasteiger partial charge on any atom is 0.260 e. The monoisotopic (exact) mass is 351 g/mol. The second-order valence-corrected chi connectivity index (χ2v) is 6.00. The van der Waals surface area contributed by atoms with Crippen molar-refractivity contribution in [2.24, 2.45) is 5.73 Å². The Morgan fingerprint density at radius 1 is 1.27 bits per heavy atom. The molecule has 2 aromatic carbocycles. The first-order chi connectivity index (χ1) is 12.6. The van der Waals surface area contributed by atoms with Gasteiger partial charge in [-0.2, -0.15) is 0 Å². The number of para-hydroxylation sites is 2. The number of aryl methyl sites for hydroxylation is 1. The van der Waals surface area contributed by atoms with Gasteiger partial charge in [-0.05, 0) is 37.3 Å². The Balaban J connectivity index is 1.74. The van der Waals surface area contributed by atoms with Crippen molar-refractivity contribution in [2.75, 3.05) is 11.4 Å². The molecule has 8 nitrogen and oxygen atoms in total. The van der Waals surface area contributed by atoms with Crippen LogP contribution in [0, 0.1) is 0 Å². The Morgan fingerprint density at radius 3 is 2.85 bits per heavy atom. The molecular weight excluding hydrogens is 334 g/mol. The van der Waals surface area contributed by atoms with E-state index in [9.17, 15) is 9.59 Å². The van der Waals surface area contributed by atoms with Crippen LogP contribution in [0.5, 0.6) is 5.75 Å². The lowest BCUT2D eigenvalue weighted by atomic mass is 10.1. The Kier molecular flexibility index (Phi) is 3.80. The maximum absolute atomic E-state index is 13.1. The molecule has 2 amide bonds. The molecule has 0 saturated carbocycles. The number of nitrogens with two attached hydrogens (primary N) is 1. The van der Waals surface area contributed by atoms with Gasteiger partial charge in [-0.3, -0.25) is 9.59 Å². The summed E-state index contributed by atoms with van der Waals surface area (Å²) in [4.78, 5) is 26.2. The predicted molar refractivity (Wildman–Crippen MR) is 94.9 cm³/mol. The van der Waals surface area contributed by atoms with E-state index in [-0.39, 0.29) is 12.5 Å². The normalized spacial score (nSPS) is 16.2. The van der Waals surface area contributed by atoms with Crippen LogP contribution in [0.1, 0.15) is 17.3 Å².